The van der Waals surface area contributed by atoms with Crippen LogP contribution in [0.4, 0.5) is 0 Å². The summed E-state index contributed by atoms with van der Waals surface area (Å²) < 4.78 is 6.68. The van der Waals surface area contributed by atoms with Crippen molar-refractivity contribution < 1.29 is 20.1 Å². The first-order valence-electron chi connectivity index (χ1n) is 14.3. The highest BCUT2D eigenvalue weighted by molar-refractivity contribution is 5.20. The minimum Gasteiger partial charge on any atom is -0.393 e. The normalized spacial score (nSPS) is 57.1. The second-order valence-electron chi connectivity index (χ2n) is 15.5. The van der Waals surface area contributed by atoms with E-state index in [1.807, 2.05) is 13.8 Å². The van der Waals surface area contributed by atoms with Crippen LogP contribution in [-0.2, 0) is 4.74 Å². The fourth-order valence-electron chi connectivity index (χ4n) is 11.2. The zero-order valence-electron chi connectivity index (χ0n) is 23.2. The molecule has 0 radical (unpaired) electrons. The maximum atomic E-state index is 12.0. The van der Waals surface area contributed by atoms with Gasteiger partial charge in [0.2, 0.25) is 0 Å². The Morgan fingerprint density at radius 2 is 1.41 bits per heavy atom. The zero-order chi connectivity index (χ0) is 25.1. The Morgan fingerprint density at radius 3 is 2.03 bits per heavy atom. The Labute approximate surface area is 208 Å². The summed E-state index contributed by atoms with van der Waals surface area (Å²) in [5.41, 5.74) is -0.766. The van der Waals surface area contributed by atoms with E-state index in [9.17, 15) is 15.3 Å². The van der Waals surface area contributed by atoms with Gasteiger partial charge in [-0.15, -0.1) is 0 Å². The molecule has 0 aromatic rings. The number of hydrogen-bond acceptors (Lipinski definition) is 4. The second-order valence-corrected chi connectivity index (χ2v) is 15.5. The lowest BCUT2D eigenvalue weighted by Gasteiger charge is -2.70. The van der Waals surface area contributed by atoms with Crippen LogP contribution in [0.3, 0.4) is 0 Å². The Hall–Kier alpha value is -0.160. The van der Waals surface area contributed by atoms with Crippen molar-refractivity contribution in [3.05, 3.63) is 0 Å². The van der Waals surface area contributed by atoms with Crippen molar-refractivity contribution in [1.29, 1.82) is 0 Å². The highest BCUT2D eigenvalue weighted by Crippen LogP contribution is 2.76. The van der Waals surface area contributed by atoms with Crippen LogP contribution in [-0.4, -0.2) is 44.8 Å². The van der Waals surface area contributed by atoms with E-state index in [2.05, 4.69) is 41.5 Å². The molecule has 5 aliphatic rings. The first kappa shape index (κ1) is 25.5. The average molecular weight is 477 g/mol. The van der Waals surface area contributed by atoms with Crippen LogP contribution < -0.4 is 0 Å². The molecule has 4 saturated carbocycles. The molecule has 196 valence electrons. The molecule has 4 nitrogen and oxygen atoms in total. The molecule has 11 atom stereocenters. The quantitative estimate of drug-likeness (QED) is 0.477. The van der Waals surface area contributed by atoms with Gasteiger partial charge < -0.3 is 20.1 Å². The molecule has 4 aliphatic carbocycles. The standard InChI is InChI=1S/C30H52O4/c1-25(2)21-10-15-29(7)24(27(21,5)13-11-22(25)32)20(31)17-19-18(9-14-28(19,29)6)30(8)16-12-23(34-30)26(3,4)33/h18-24,31-33H,9-17H2,1-8H3/t18-,19+,20+,21+,22-,23+,24+,27-,28+,29+,30-/m0/s1. The third-order valence-electron chi connectivity index (χ3n) is 13.2. The maximum absolute atomic E-state index is 12.0. The molecule has 0 aromatic carbocycles. The summed E-state index contributed by atoms with van der Waals surface area (Å²) in [4.78, 5) is 0. The third-order valence-corrected chi connectivity index (χ3v) is 13.2. The molecule has 34 heavy (non-hydrogen) atoms. The topological polar surface area (TPSA) is 69.9 Å². The van der Waals surface area contributed by atoms with E-state index < -0.39 is 5.60 Å². The van der Waals surface area contributed by atoms with Gasteiger partial charge in [-0.1, -0.05) is 34.6 Å². The van der Waals surface area contributed by atoms with Crippen molar-refractivity contribution in [3.63, 3.8) is 0 Å². The lowest BCUT2D eigenvalue weighted by atomic mass is 9.35. The molecular weight excluding hydrogens is 424 g/mol. The van der Waals surface area contributed by atoms with Crippen molar-refractivity contribution in [3.8, 4) is 0 Å². The van der Waals surface area contributed by atoms with Crippen LogP contribution in [0.25, 0.3) is 0 Å². The van der Waals surface area contributed by atoms with Gasteiger partial charge in [0.25, 0.3) is 0 Å². The van der Waals surface area contributed by atoms with Gasteiger partial charge in [-0.25, -0.2) is 0 Å². The molecule has 1 saturated heterocycles. The predicted molar refractivity (Wildman–Crippen MR) is 135 cm³/mol. The highest BCUT2D eigenvalue weighted by Gasteiger charge is 2.72. The summed E-state index contributed by atoms with van der Waals surface area (Å²) in [6, 6.07) is 0. The number of ether oxygens (including phenoxy) is 1. The molecule has 3 N–H and O–H groups in total. The zero-order valence-corrected chi connectivity index (χ0v) is 23.2. The number of aliphatic hydroxyl groups excluding tert-OH is 2. The lowest BCUT2D eigenvalue weighted by Crippen LogP contribution is -2.67. The SMILES string of the molecule is CC(C)(O)[C@H]1CC[C@@](C)([C@H]2CC[C@]3(C)[C@@H]2C[C@@H](O)[C@@H]2[C@@]4(C)CC[C@H](O)C(C)(C)[C@H]4CC[C@]23C)O1. The van der Waals surface area contributed by atoms with Crippen molar-refractivity contribution in [2.45, 2.75) is 143 Å². The second kappa shape index (κ2) is 7.45. The number of fused-ring (bicyclic) bond motifs is 5. The van der Waals surface area contributed by atoms with Gasteiger partial charge in [-0.05, 0) is 124 Å². The third kappa shape index (κ3) is 3.16. The Balaban J connectivity index is 1.48. The molecule has 5 rings (SSSR count). The fourth-order valence-corrected chi connectivity index (χ4v) is 11.2. The smallest absolute Gasteiger partial charge is 0.0865 e. The van der Waals surface area contributed by atoms with Gasteiger partial charge in [0, 0.05) is 0 Å². The summed E-state index contributed by atoms with van der Waals surface area (Å²) >= 11 is 0. The highest BCUT2D eigenvalue weighted by atomic mass is 16.5. The summed E-state index contributed by atoms with van der Waals surface area (Å²) in [5, 5.41) is 33.5. The molecule has 0 spiro atoms. The van der Waals surface area contributed by atoms with Crippen molar-refractivity contribution in [2.75, 3.05) is 0 Å². The first-order valence-corrected chi connectivity index (χ1v) is 14.3. The van der Waals surface area contributed by atoms with E-state index in [1.54, 1.807) is 0 Å². The van der Waals surface area contributed by atoms with Gasteiger partial charge in [-0.2, -0.15) is 0 Å². The molecule has 0 amide bonds. The van der Waals surface area contributed by atoms with Crippen LogP contribution in [0.15, 0.2) is 0 Å². The molecule has 5 fully saturated rings. The van der Waals surface area contributed by atoms with Crippen LogP contribution in [0.5, 0.6) is 0 Å². The van der Waals surface area contributed by atoms with Crippen molar-refractivity contribution >= 4 is 0 Å². The van der Waals surface area contributed by atoms with E-state index in [-0.39, 0.29) is 51.5 Å². The minimum absolute atomic E-state index is 0.0704. The van der Waals surface area contributed by atoms with Crippen LogP contribution in [0.1, 0.15) is 113 Å². The van der Waals surface area contributed by atoms with E-state index in [0.717, 1.165) is 51.4 Å². The summed E-state index contributed by atoms with van der Waals surface area (Å²) in [6.07, 6.45) is 8.71. The van der Waals surface area contributed by atoms with E-state index >= 15 is 0 Å². The van der Waals surface area contributed by atoms with Gasteiger partial charge in [-0.3, -0.25) is 0 Å². The summed E-state index contributed by atoms with van der Waals surface area (Å²) in [7, 11) is 0. The van der Waals surface area contributed by atoms with Gasteiger partial charge in [0.1, 0.15) is 0 Å². The first-order chi connectivity index (χ1) is 15.5. The molecule has 1 heterocycles. The fraction of sp³-hybridized carbons (Fsp3) is 1.00. The maximum Gasteiger partial charge on any atom is 0.0865 e. The van der Waals surface area contributed by atoms with E-state index in [4.69, 9.17) is 4.74 Å². The van der Waals surface area contributed by atoms with Crippen LogP contribution in [0.2, 0.25) is 0 Å². The van der Waals surface area contributed by atoms with Crippen molar-refractivity contribution in [1.82, 2.24) is 0 Å². The predicted octanol–water partition coefficient (Wildman–Crippen LogP) is 5.71. The molecule has 0 unspecified atom stereocenters. The average Bonchev–Trinajstić information content (AvgIpc) is 3.27. The van der Waals surface area contributed by atoms with Crippen molar-refractivity contribution in [2.24, 2.45) is 45.3 Å². The van der Waals surface area contributed by atoms with Gasteiger partial charge in [0.15, 0.2) is 0 Å². The minimum atomic E-state index is -0.811. The molecular formula is C30H52O4. The summed E-state index contributed by atoms with van der Waals surface area (Å²) in [6.45, 7) is 18.1. The lowest BCUT2D eigenvalue weighted by molar-refractivity contribution is -0.257. The largest absolute Gasteiger partial charge is 0.393 e. The molecule has 0 bridgehead atoms. The number of rotatable bonds is 2. The number of aliphatic hydroxyl groups is 3. The van der Waals surface area contributed by atoms with Gasteiger partial charge >= 0.3 is 0 Å². The molecule has 1 aliphatic heterocycles. The van der Waals surface area contributed by atoms with E-state index in [1.165, 1.54) is 6.42 Å². The van der Waals surface area contributed by atoms with E-state index in [0.29, 0.717) is 17.8 Å². The van der Waals surface area contributed by atoms with Crippen LogP contribution >= 0.6 is 0 Å². The summed E-state index contributed by atoms with van der Waals surface area (Å²) in [5.74, 6) is 1.63. The Morgan fingerprint density at radius 1 is 0.765 bits per heavy atom. The molecule has 4 heteroatoms. The van der Waals surface area contributed by atoms with Crippen LogP contribution in [0, 0.1) is 45.3 Å². The monoisotopic (exact) mass is 476 g/mol. The molecule has 0 aromatic heterocycles. The Bertz CT molecular complexity index is 817. The number of hydrogen-bond donors (Lipinski definition) is 3. The Kier molecular flexibility index (Phi) is 5.59. The van der Waals surface area contributed by atoms with Gasteiger partial charge in [0.05, 0.1) is 29.5 Å².